The lowest BCUT2D eigenvalue weighted by Gasteiger charge is -2.04. The maximum Gasteiger partial charge on any atom is 0.143 e. The maximum atomic E-state index is 6.36. The second-order valence-corrected chi connectivity index (χ2v) is 6.47. The van der Waals surface area contributed by atoms with Crippen molar-refractivity contribution in [1.82, 2.24) is 4.98 Å². The van der Waals surface area contributed by atoms with Gasteiger partial charge in [-0.25, -0.2) is 0 Å². The highest BCUT2D eigenvalue weighted by Crippen LogP contribution is 2.41. The number of pyridine rings is 1. The molecule has 2 aromatic heterocycles. The summed E-state index contributed by atoms with van der Waals surface area (Å²) in [7, 11) is 0. The highest BCUT2D eigenvalue weighted by molar-refractivity contribution is 6.02. The predicted octanol–water partition coefficient (Wildman–Crippen LogP) is 6.83. The summed E-state index contributed by atoms with van der Waals surface area (Å²) in [4.78, 5) is 4.71. The number of hydrogen-bond donors (Lipinski definition) is 0. The van der Waals surface area contributed by atoms with Crippen LogP contribution >= 0.6 is 0 Å². The minimum Gasteiger partial charge on any atom is -0.455 e. The molecule has 0 unspecified atom stereocenters. The summed E-state index contributed by atoms with van der Waals surface area (Å²) >= 11 is 0. The molecule has 0 saturated heterocycles. The second-order valence-electron chi connectivity index (χ2n) is 6.47. The number of hydrogen-bond acceptors (Lipinski definition) is 2. The Hall–Kier alpha value is -3.65. The summed E-state index contributed by atoms with van der Waals surface area (Å²) in [5, 5.41) is 1.03. The van der Waals surface area contributed by atoms with Crippen molar-refractivity contribution in [2.75, 3.05) is 0 Å². The van der Waals surface area contributed by atoms with E-state index in [9.17, 15) is 0 Å². The molecule has 2 heteroatoms. The third-order valence-corrected chi connectivity index (χ3v) is 4.74. The molecule has 0 amide bonds. The average molecular weight is 347 g/mol. The highest BCUT2D eigenvalue weighted by Gasteiger charge is 2.18. The number of furan rings is 1. The molecule has 0 radical (unpaired) electrons. The van der Waals surface area contributed by atoms with Crippen LogP contribution in [-0.2, 0) is 0 Å². The predicted molar refractivity (Wildman–Crippen MR) is 110 cm³/mol. The molecule has 2 heterocycles. The van der Waals surface area contributed by atoms with E-state index in [4.69, 9.17) is 9.40 Å². The summed E-state index contributed by atoms with van der Waals surface area (Å²) in [6.45, 7) is 0. The molecular formula is C25H17NO. The minimum absolute atomic E-state index is 0.849. The third kappa shape index (κ3) is 2.81. The van der Waals surface area contributed by atoms with E-state index in [0.29, 0.717) is 0 Å². The fourth-order valence-corrected chi connectivity index (χ4v) is 3.44. The summed E-state index contributed by atoms with van der Waals surface area (Å²) in [6, 6.07) is 32.8. The van der Waals surface area contributed by atoms with E-state index >= 15 is 0 Å². The molecule has 0 saturated carbocycles. The van der Waals surface area contributed by atoms with Gasteiger partial charge in [0.05, 0.1) is 5.69 Å². The summed E-state index contributed by atoms with van der Waals surface area (Å²) in [5.41, 5.74) is 6.12. The zero-order chi connectivity index (χ0) is 18.1. The van der Waals surface area contributed by atoms with Gasteiger partial charge in [-0.2, -0.15) is 0 Å². The van der Waals surface area contributed by atoms with Crippen molar-refractivity contribution in [2.24, 2.45) is 0 Å². The zero-order valence-corrected chi connectivity index (χ0v) is 14.7. The number of rotatable bonds is 3. The van der Waals surface area contributed by atoms with E-state index in [0.717, 1.165) is 44.7 Å². The van der Waals surface area contributed by atoms with Crippen LogP contribution in [0.5, 0.6) is 0 Å². The van der Waals surface area contributed by atoms with E-state index < -0.39 is 0 Å². The molecule has 128 valence electrons. The van der Waals surface area contributed by atoms with Gasteiger partial charge >= 0.3 is 0 Å². The van der Waals surface area contributed by atoms with Gasteiger partial charge in [0.1, 0.15) is 11.3 Å². The Balaban J connectivity index is 1.77. The number of benzene rings is 3. The van der Waals surface area contributed by atoms with E-state index in [1.54, 1.807) is 0 Å². The normalized spacial score (nSPS) is 11.0. The standard InChI is InChI=1S/C25H17NO/c1-4-10-18(11-5-1)22-16-23-21(17-26-22)24(19-12-6-2-7-13-19)25(27-23)20-14-8-3-9-15-20/h1-17H. The van der Waals surface area contributed by atoms with Gasteiger partial charge in [0, 0.05) is 34.3 Å². The van der Waals surface area contributed by atoms with E-state index in [-0.39, 0.29) is 0 Å². The molecular weight excluding hydrogens is 330 g/mol. The number of nitrogens with zero attached hydrogens (tertiary/aromatic N) is 1. The molecule has 0 fully saturated rings. The Bertz CT molecular complexity index is 1190. The van der Waals surface area contributed by atoms with Crippen LogP contribution in [-0.4, -0.2) is 4.98 Å². The van der Waals surface area contributed by atoms with Crippen LogP contribution in [0.2, 0.25) is 0 Å². The summed E-state index contributed by atoms with van der Waals surface area (Å²) < 4.78 is 6.36. The van der Waals surface area contributed by atoms with Crippen LogP contribution in [0.15, 0.2) is 108 Å². The van der Waals surface area contributed by atoms with Gasteiger partial charge in [-0.15, -0.1) is 0 Å². The van der Waals surface area contributed by atoms with Crippen molar-refractivity contribution in [3.05, 3.63) is 103 Å². The molecule has 0 atom stereocenters. The van der Waals surface area contributed by atoms with Gasteiger partial charge in [0.15, 0.2) is 0 Å². The molecule has 0 aliphatic heterocycles. The lowest BCUT2D eigenvalue weighted by molar-refractivity contribution is 0.632. The Kier molecular flexibility index (Phi) is 3.80. The fourth-order valence-electron chi connectivity index (χ4n) is 3.44. The lowest BCUT2D eigenvalue weighted by Crippen LogP contribution is -1.83. The van der Waals surface area contributed by atoms with Crippen molar-refractivity contribution in [3.8, 4) is 33.7 Å². The van der Waals surface area contributed by atoms with Crippen molar-refractivity contribution < 1.29 is 4.42 Å². The quantitative estimate of drug-likeness (QED) is 0.357. The first kappa shape index (κ1) is 15.6. The van der Waals surface area contributed by atoms with Gasteiger partial charge in [0.25, 0.3) is 0 Å². The van der Waals surface area contributed by atoms with Crippen LogP contribution in [0.3, 0.4) is 0 Å². The molecule has 3 aromatic carbocycles. The Morgan fingerprint density at radius 2 is 1.15 bits per heavy atom. The first-order valence-electron chi connectivity index (χ1n) is 8.99. The minimum atomic E-state index is 0.849. The molecule has 2 nitrogen and oxygen atoms in total. The first-order chi connectivity index (χ1) is 13.4. The van der Waals surface area contributed by atoms with E-state index in [1.807, 2.05) is 54.7 Å². The van der Waals surface area contributed by atoms with E-state index in [1.165, 1.54) is 0 Å². The fraction of sp³-hybridized carbons (Fsp3) is 0. The maximum absolute atomic E-state index is 6.36. The van der Waals surface area contributed by atoms with Gasteiger partial charge in [-0.3, -0.25) is 4.98 Å². The topological polar surface area (TPSA) is 26.0 Å². The molecule has 0 N–H and O–H groups in total. The summed E-state index contributed by atoms with van der Waals surface area (Å²) in [5.74, 6) is 0.879. The van der Waals surface area contributed by atoms with Crippen LogP contribution in [0.25, 0.3) is 44.7 Å². The molecule has 0 bridgehead atoms. The van der Waals surface area contributed by atoms with Crippen LogP contribution < -0.4 is 0 Å². The van der Waals surface area contributed by atoms with Crippen molar-refractivity contribution >= 4 is 11.0 Å². The molecule has 5 rings (SSSR count). The highest BCUT2D eigenvalue weighted by atomic mass is 16.3. The zero-order valence-electron chi connectivity index (χ0n) is 14.7. The molecule has 0 spiro atoms. The summed E-state index contributed by atoms with van der Waals surface area (Å²) in [6.07, 6.45) is 1.93. The van der Waals surface area contributed by atoms with Crippen LogP contribution in [0.4, 0.5) is 0 Å². The lowest BCUT2D eigenvalue weighted by atomic mass is 9.99. The number of fused-ring (bicyclic) bond motifs is 1. The van der Waals surface area contributed by atoms with Crippen LogP contribution in [0.1, 0.15) is 0 Å². The van der Waals surface area contributed by atoms with Gasteiger partial charge < -0.3 is 4.42 Å². The Labute approximate surface area is 157 Å². The average Bonchev–Trinajstić information content (AvgIpc) is 3.14. The second kappa shape index (κ2) is 6.58. The Morgan fingerprint density at radius 3 is 1.78 bits per heavy atom. The van der Waals surface area contributed by atoms with Gasteiger partial charge in [-0.05, 0) is 5.56 Å². The first-order valence-corrected chi connectivity index (χ1v) is 8.99. The van der Waals surface area contributed by atoms with Gasteiger partial charge in [0.2, 0.25) is 0 Å². The SMILES string of the molecule is c1ccc(-c2cc3oc(-c4ccccc4)c(-c4ccccc4)c3cn2)cc1. The van der Waals surface area contributed by atoms with Crippen LogP contribution in [0, 0.1) is 0 Å². The molecule has 27 heavy (non-hydrogen) atoms. The van der Waals surface area contributed by atoms with Gasteiger partial charge in [-0.1, -0.05) is 91.0 Å². The molecule has 0 aliphatic rings. The van der Waals surface area contributed by atoms with Crippen molar-refractivity contribution in [2.45, 2.75) is 0 Å². The Morgan fingerprint density at radius 1 is 0.593 bits per heavy atom. The van der Waals surface area contributed by atoms with E-state index in [2.05, 4.69) is 48.5 Å². The monoisotopic (exact) mass is 347 g/mol. The van der Waals surface area contributed by atoms with Crippen molar-refractivity contribution in [3.63, 3.8) is 0 Å². The molecule has 5 aromatic rings. The third-order valence-electron chi connectivity index (χ3n) is 4.74. The van der Waals surface area contributed by atoms with Crippen molar-refractivity contribution in [1.29, 1.82) is 0 Å². The number of aromatic nitrogens is 1. The largest absolute Gasteiger partial charge is 0.455 e. The molecule has 0 aliphatic carbocycles. The smallest absolute Gasteiger partial charge is 0.143 e.